The van der Waals surface area contributed by atoms with Crippen LogP contribution in [-0.2, 0) is 0 Å². The summed E-state index contributed by atoms with van der Waals surface area (Å²) in [6.07, 6.45) is 0. The molecule has 3 aromatic carbocycles. The highest BCUT2D eigenvalue weighted by atomic mass is 35.5. The smallest absolute Gasteiger partial charge is 0.259 e. The Labute approximate surface area is 168 Å². The molecular weight excluding hydrogens is 376 g/mol. The Morgan fingerprint density at radius 2 is 1.50 bits per heavy atom. The first-order chi connectivity index (χ1) is 13.5. The number of benzene rings is 3. The van der Waals surface area contributed by atoms with Crippen LogP contribution in [0.4, 0.5) is 11.4 Å². The zero-order valence-electron chi connectivity index (χ0n) is 15.5. The van der Waals surface area contributed by atoms with E-state index >= 15 is 0 Å². The van der Waals surface area contributed by atoms with Crippen LogP contribution in [0.25, 0.3) is 0 Å². The zero-order valence-corrected chi connectivity index (χ0v) is 16.2. The van der Waals surface area contributed by atoms with Crippen LogP contribution in [-0.4, -0.2) is 18.9 Å². The molecule has 2 amide bonds. The van der Waals surface area contributed by atoms with Gasteiger partial charge in [-0.2, -0.15) is 0 Å². The highest BCUT2D eigenvalue weighted by molar-refractivity contribution is 6.31. The first-order valence-electron chi connectivity index (χ1n) is 8.60. The monoisotopic (exact) mass is 394 g/mol. The van der Waals surface area contributed by atoms with Crippen molar-refractivity contribution in [3.05, 3.63) is 88.4 Å². The van der Waals surface area contributed by atoms with Gasteiger partial charge < -0.3 is 15.4 Å². The Kier molecular flexibility index (Phi) is 5.96. The Balaban J connectivity index is 1.76. The van der Waals surface area contributed by atoms with Gasteiger partial charge in [0.2, 0.25) is 0 Å². The fraction of sp³-hybridized carbons (Fsp3) is 0.0909. The quantitative estimate of drug-likeness (QED) is 0.628. The topological polar surface area (TPSA) is 67.4 Å². The van der Waals surface area contributed by atoms with Crippen LogP contribution in [0.1, 0.15) is 26.3 Å². The van der Waals surface area contributed by atoms with Crippen LogP contribution in [0.5, 0.6) is 5.75 Å². The molecule has 2 N–H and O–H groups in total. The summed E-state index contributed by atoms with van der Waals surface area (Å²) < 4.78 is 5.34. The van der Waals surface area contributed by atoms with Crippen molar-refractivity contribution >= 4 is 34.8 Å². The summed E-state index contributed by atoms with van der Waals surface area (Å²) in [6, 6.07) is 19.0. The Morgan fingerprint density at radius 1 is 0.857 bits per heavy atom. The average molecular weight is 395 g/mol. The van der Waals surface area contributed by atoms with E-state index in [4.69, 9.17) is 16.3 Å². The molecule has 0 aliphatic heterocycles. The molecule has 5 nitrogen and oxygen atoms in total. The molecule has 0 radical (unpaired) electrons. The fourth-order valence-electron chi connectivity index (χ4n) is 2.81. The lowest BCUT2D eigenvalue weighted by atomic mass is 10.1. The number of carbonyl (C=O) groups excluding carboxylic acids is 2. The molecule has 0 aliphatic carbocycles. The maximum Gasteiger partial charge on any atom is 0.259 e. The van der Waals surface area contributed by atoms with Gasteiger partial charge in [0.25, 0.3) is 11.8 Å². The third-order valence-electron chi connectivity index (χ3n) is 4.13. The minimum atomic E-state index is -0.293. The van der Waals surface area contributed by atoms with Gasteiger partial charge in [-0.05, 0) is 55.0 Å². The Morgan fingerprint density at radius 3 is 2.18 bits per heavy atom. The van der Waals surface area contributed by atoms with Gasteiger partial charge in [0.05, 0.1) is 12.7 Å². The van der Waals surface area contributed by atoms with Crippen LogP contribution < -0.4 is 15.4 Å². The van der Waals surface area contributed by atoms with Gasteiger partial charge in [0.1, 0.15) is 5.75 Å². The highest BCUT2D eigenvalue weighted by Crippen LogP contribution is 2.25. The molecule has 0 unspecified atom stereocenters. The fourth-order valence-corrected chi connectivity index (χ4v) is 3.00. The molecule has 0 heterocycles. The molecule has 0 fully saturated rings. The lowest BCUT2D eigenvalue weighted by molar-refractivity contribution is 0.101. The van der Waals surface area contributed by atoms with Crippen LogP contribution in [0.15, 0.2) is 66.7 Å². The van der Waals surface area contributed by atoms with Crippen molar-refractivity contribution in [2.24, 2.45) is 0 Å². The number of halogens is 1. The minimum absolute atomic E-state index is 0.286. The van der Waals surface area contributed by atoms with E-state index in [1.54, 1.807) is 60.7 Å². The SMILES string of the molecule is COc1c(C)cccc1C(=O)Nc1cccc(NC(=O)c2cccc(Cl)c2)c1. The highest BCUT2D eigenvalue weighted by Gasteiger charge is 2.14. The number of hydrogen-bond acceptors (Lipinski definition) is 3. The largest absolute Gasteiger partial charge is 0.496 e. The standard InChI is InChI=1S/C22H19ClN2O3/c1-14-6-3-11-19(20(14)28-2)22(27)25-18-10-5-9-17(13-18)24-21(26)15-7-4-8-16(23)12-15/h3-13H,1-2H3,(H,24,26)(H,25,27). The molecule has 0 aliphatic rings. The van der Waals surface area contributed by atoms with E-state index in [9.17, 15) is 9.59 Å². The van der Waals surface area contributed by atoms with Crippen molar-refractivity contribution in [3.8, 4) is 5.75 Å². The van der Waals surface area contributed by atoms with Gasteiger partial charge in [0.15, 0.2) is 0 Å². The van der Waals surface area contributed by atoms with Gasteiger partial charge >= 0.3 is 0 Å². The summed E-state index contributed by atoms with van der Waals surface area (Å²) in [5, 5.41) is 6.12. The predicted molar refractivity (Wildman–Crippen MR) is 112 cm³/mol. The molecule has 142 valence electrons. The van der Waals surface area contributed by atoms with Crippen molar-refractivity contribution in [2.45, 2.75) is 6.92 Å². The lowest BCUT2D eigenvalue weighted by Crippen LogP contribution is -2.15. The van der Waals surface area contributed by atoms with Gasteiger partial charge in [-0.3, -0.25) is 9.59 Å². The third-order valence-corrected chi connectivity index (χ3v) is 4.36. The zero-order chi connectivity index (χ0) is 20.1. The number of ether oxygens (including phenoxy) is 1. The normalized spacial score (nSPS) is 10.2. The number of nitrogens with one attached hydrogen (secondary N) is 2. The van der Waals surface area contributed by atoms with Crippen LogP contribution in [0.3, 0.4) is 0 Å². The van der Waals surface area contributed by atoms with E-state index in [2.05, 4.69) is 10.6 Å². The van der Waals surface area contributed by atoms with Gasteiger partial charge in [-0.15, -0.1) is 0 Å². The van der Waals surface area contributed by atoms with Crippen molar-refractivity contribution in [2.75, 3.05) is 17.7 Å². The van der Waals surface area contributed by atoms with E-state index < -0.39 is 0 Å². The lowest BCUT2D eigenvalue weighted by Gasteiger charge is -2.12. The molecule has 0 spiro atoms. The summed E-state index contributed by atoms with van der Waals surface area (Å²) in [5.74, 6) is -0.0457. The number of hydrogen-bond donors (Lipinski definition) is 2. The van der Waals surface area contributed by atoms with Crippen LogP contribution in [0.2, 0.25) is 5.02 Å². The van der Waals surface area contributed by atoms with Gasteiger partial charge in [0, 0.05) is 22.0 Å². The molecule has 0 saturated carbocycles. The summed E-state index contributed by atoms with van der Waals surface area (Å²) in [6.45, 7) is 1.88. The van der Waals surface area contributed by atoms with Crippen molar-refractivity contribution < 1.29 is 14.3 Å². The number of carbonyl (C=O) groups is 2. The first-order valence-corrected chi connectivity index (χ1v) is 8.97. The van der Waals surface area contributed by atoms with E-state index in [0.29, 0.717) is 33.3 Å². The number of rotatable bonds is 5. The van der Waals surface area contributed by atoms with Gasteiger partial charge in [-0.25, -0.2) is 0 Å². The average Bonchev–Trinajstić information content (AvgIpc) is 2.68. The Bertz CT molecular complexity index is 1030. The van der Waals surface area contributed by atoms with Gasteiger partial charge in [-0.1, -0.05) is 35.9 Å². The third kappa shape index (κ3) is 4.50. The molecule has 3 aromatic rings. The first kappa shape index (κ1) is 19.5. The van der Waals surface area contributed by atoms with E-state index in [-0.39, 0.29) is 11.8 Å². The summed E-state index contributed by atoms with van der Waals surface area (Å²) >= 11 is 5.93. The number of aryl methyl sites for hydroxylation is 1. The number of anilines is 2. The second kappa shape index (κ2) is 8.59. The van der Waals surface area contributed by atoms with Crippen molar-refractivity contribution in [1.29, 1.82) is 0 Å². The second-order valence-corrected chi connectivity index (χ2v) is 6.59. The molecular formula is C22H19ClN2O3. The van der Waals surface area contributed by atoms with E-state index in [0.717, 1.165) is 5.56 Å². The predicted octanol–water partition coefficient (Wildman–Crippen LogP) is 5.16. The van der Waals surface area contributed by atoms with E-state index in [1.165, 1.54) is 7.11 Å². The minimum Gasteiger partial charge on any atom is -0.496 e. The molecule has 28 heavy (non-hydrogen) atoms. The van der Waals surface area contributed by atoms with Crippen molar-refractivity contribution in [3.63, 3.8) is 0 Å². The molecule has 0 aromatic heterocycles. The van der Waals surface area contributed by atoms with Crippen LogP contribution in [0, 0.1) is 6.92 Å². The molecule has 0 bridgehead atoms. The Hall–Kier alpha value is -3.31. The number of methoxy groups -OCH3 is 1. The van der Waals surface area contributed by atoms with E-state index in [1.807, 2.05) is 13.0 Å². The second-order valence-electron chi connectivity index (χ2n) is 6.16. The number of para-hydroxylation sites is 1. The molecule has 3 rings (SSSR count). The summed E-state index contributed by atoms with van der Waals surface area (Å²) in [5.41, 5.74) is 2.87. The summed E-state index contributed by atoms with van der Waals surface area (Å²) in [4.78, 5) is 25.0. The molecule has 0 saturated heterocycles. The van der Waals surface area contributed by atoms with Crippen molar-refractivity contribution in [1.82, 2.24) is 0 Å². The number of amides is 2. The summed E-state index contributed by atoms with van der Waals surface area (Å²) in [7, 11) is 1.53. The van der Waals surface area contributed by atoms with Crippen LogP contribution >= 0.6 is 11.6 Å². The molecule has 6 heteroatoms. The maximum absolute atomic E-state index is 12.6. The molecule has 0 atom stereocenters. The maximum atomic E-state index is 12.6.